The predicted molar refractivity (Wildman–Crippen MR) is 75.8 cm³/mol. The van der Waals surface area contributed by atoms with Gasteiger partial charge in [-0.25, -0.2) is 4.79 Å². The third kappa shape index (κ3) is 5.19. The number of imide groups is 1. The molecule has 0 heterocycles. The van der Waals surface area contributed by atoms with Crippen LogP contribution >= 0.6 is 0 Å². The molecule has 0 aromatic carbocycles. The molecule has 5 nitrogen and oxygen atoms in total. The number of carbonyl (C=O) groups is 2. The van der Waals surface area contributed by atoms with Crippen molar-refractivity contribution >= 4 is 11.9 Å². The van der Waals surface area contributed by atoms with E-state index in [9.17, 15) is 9.59 Å². The quantitative estimate of drug-likeness (QED) is 0.729. The number of rotatable bonds is 3. The van der Waals surface area contributed by atoms with Crippen LogP contribution in [0.15, 0.2) is 0 Å². The van der Waals surface area contributed by atoms with Crippen LogP contribution in [-0.2, 0) is 4.79 Å². The minimum absolute atomic E-state index is 0.199. The van der Waals surface area contributed by atoms with E-state index < -0.39 is 6.03 Å². The van der Waals surface area contributed by atoms with E-state index in [0.717, 1.165) is 6.42 Å². The molecule has 0 aliphatic heterocycles. The minimum Gasteiger partial charge on any atom is -0.341 e. The number of amides is 3. The van der Waals surface area contributed by atoms with Gasteiger partial charge in [0.05, 0.1) is 6.54 Å². The van der Waals surface area contributed by atoms with Crippen LogP contribution in [0.4, 0.5) is 4.79 Å². The largest absolute Gasteiger partial charge is 0.341 e. The standard InChI is InChI=1S/C14H27N3O2/c1-14(2,3)10-7-5-6-8-11(10)16-9-12(18)17-13(19)15-4/h10-11,16H,5-9H2,1-4H3,(H2,15,17,18,19)/t10-,11+/m0/s1. The summed E-state index contributed by atoms with van der Waals surface area (Å²) in [7, 11) is 1.49. The first-order valence-electron chi connectivity index (χ1n) is 7.09. The Morgan fingerprint density at radius 3 is 2.37 bits per heavy atom. The summed E-state index contributed by atoms with van der Waals surface area (Å²) in [6.07, 6.45) is 4.79. The number of hydrogen-bond acceptors (Lipinski definition) is 3. The fraction of sp³-hybridized carbons (Fsp3) is 0.857. The number of nitrogens with one attached hydrogen (secondary N) is 3. The Balaban J connectivity index is 2.45. The number of hydrogen-bond donors (Lipinski definition) is 3. The summed E-state index contributed by atoms with van der Waals surface area (Å²) in [4.78, 5) is 22.6. The maximum Gasteiger partial charge on any atom is 0.321 e. The molecule has 3 amide bonds. The molecule has 110 valence electrons. The molecule has 3 N–H and O–H groups in total. The molecule has 0 unspecified atom stereocenters. The van der Waals surface area contributed by atoms with Crippen molar-refractivity contribution in [3.8, 4) is 0 Å². The molecule has 0 saturated heterocycles. The van der Waals surface area contributed by atoms with Gasteiger partial charge in [-0.3, -0.25) is 10.1 Å². The number of urea groups is 1. The van der Waals surface area contributed by atoms with Gasteiger partial charge in [-0.2, -0.15) is 0 Å². The van der Waals surface area contributed by atoms with Gasteiger partial charge in [-0.1, -0.05) is 33.6 Å². The molecular formula is C14H27N3O2. The van der Waals surface area contributed by atoms with Crippen molar-refractivity contribution < 1.29 is 9.59 Å². The molecular weight excluding hydrogens is 242 g/mol. The smallest absolute Gasteiger partial charge is 0.321 e. The summed E-state index contributed by atoms with van der Waals surface area (Å²) in [6.45, 7) is 6.96. The maximum absolute atomic E-state index is 11.6. The van der Waals surface area contributed by atoms with Gasteiger partial charge in [0.1, 0.15) is 0 Å². The first kappa shape index (κ1) is 16.0. The second kappa shape index (κ2) is 6.89. The molecule has 0 spiro atoms. The average molecular weight is 269 g/mol. The van der Waals surface area contributed by atoms with Crippen LogP contribution in [0.3, 0.4) is 0 Å². The lowest BCUT2D eigenvalue weighted by atomic mass is 9.69. The zero-order valence-electron chi connectivity index (χ0n) is 12.5. The summed E-state index contributed by atoms with van der Waals surface area (Å²) in [5.74, 6) is 0.298. The van der Waals surface area contributed by atoms with Crippen LogP contribution in [0.2, 0.25) is 0 Å². The van der Waals surface area contributed by atoms with E-state index in [0.29, 0.717) is 12.0 Å². The first-order valence-corrected chi connectivity index (χ1v) is 7.09. The van der Waals surface area contributed by atoms with Crippen molar-refractivity contribution in [2.24, 2.45) is 11.3 Å². The molecule has 1 rings (SSSR count). The predicted octanol–water partition coefficient (Wildman–Crippen LogP) is 1.64. The second-order valence-corrected chi connectivity index (χ2v) is 6.37. The van der Waals surface area contributed by atoms with Gasteiger partial charge in [0.25, 0.3) is 0 Å². The molecule has 5 heteroatoms. The summed E-state index contributed by atoms with van der Waals surface area (Å²) in [6, 6.07) is -0.0907. The third-order valence-electron chi connectivity index (χ3n) is 3.88. The highest BCUT2D eigenvalue weighted by Gasteiger charge is 2.33. The first-order chi connectivity index (χ1) is 8.84. The molecule has 2 atom stereocenters. The Kier molecular flexibility index (Phi) is 5.79. The Hall–Kier alpha value is -1.10. The average Bonchev–Trinajstić information content (AvgIpc) is 2.35. The monoisotopic (exact) mass is 269 g/mol. The van der Waals surface area contributed by atoms with E-state index in [-0.39, 0.29) is 17.9 Å². The number of carbonyl (C=O) groups excluding carboxylic acids is 2. The van der Waals surface area contributed by atoms with Crippen LogP contribution < -0.4 is 16.0 Å². The summed E-state index contributed by atoms with van der Waals surface area (Å²) in [5.41, 5.74) is 0.245. The Morgan fingerprint density at radius 1 is 1.16 bits per heavy atom. The zero-order valence-corrected chi connectivity index (χ0v) is 12.5. The van der Waals surface area contributed by atoms with E-state index in [1.54, 1.807) is 0 Å². The minimum atomic E-state index is -0.456. The molecule has 0 radical (unpaired) electrons. The molecule has 1 aliphatic carbocycles. The van der Waals surface area contributed by atoms with Crippen molar-refractivity contribution in [1.29, 1.82) is 0 Å². The lowest BCUT2D eigenvalue weighted by Crippen LogP contribution is -2.49. The fourth-order valence-corrected chi connectivity index (χ4v) is 2.87. The van der Waals surface area contributed by atoms with Crippen molar-refractivity contribution in [2.75, 3.05) is 13.6 Å². The van der Waals surface area contributed by atoms with Crippen LogP contribution in [0.25, 0.3) is 0 Å². The summed E-state index contributed by atoms with van der Waals surface area (Å²) >= 11 is 0. The van der Waals surface area contributed by atoms with Crippen molar-refractivity contribution in [3.05, 3.63) is 0 Å². The highest BCUT2D eigenvalue weighted by molar-refractivity contribution is 5.95. The Labute approximate surface area is 115 Å². The molecule has 1 aliphatic rings. The maximum atomic E-state index is 11.6. The topological polar surface area (TPSA) is 70.2 Å². The zero-order chi connectivity index (χ0) is 14.5. The SMILES string of the molecule is CNC(=O)NC(=O)CN[C@@H]1CCCC[C@@H]1C(C)(C)C. The summed E-state index contributed by atoms with van der Waals surface area (Å²) in [5, 5.41) is 7.95. The van der Waals surface area contributed by atoms with Gasteiger partial charge in [0.2, 0.25) is 5.91 Å². The summed E-state index contributed by atoms with van der Waals surface area (Å²) < 4.78 is 0. The van der Waals surface area contributed by atoms with Crippen molar-refractivity contribution in [3.63, 3.8) is 0 Å². The lowest BCUT2D eigenvalue weighted by molar-refractivity contribution is -0.119. The third-order valence-corrected chi connectivity index (χ3v) is 3.88. The van der Waals surface area contributed by atoms with Gasteiger partial charge in [-0.05, 0) is 24.2 Å². The molecule has 0 aromatic heterocycles. The highest BCUT2D eigenvalue weighted by atomic mass is 16.2. The molecule has 19 heavy (non-hydrogen) atoms. The highest BCUT2D eigenvalue weighted by Crippen LogP contribution is 2.37. The molecule has 0 bridgehead atoms. The van der Waals surface area contributed by atoms with E-state index in [1.165, 1.54) is 26.3 Å². The van der Waals surface area contributed by atoms with E-state index in [4.69, 9.17) is 0 Å². The van der Waals surface area contributed by atoms with Crippen LogP contribution in [0, 0.1) is 11.3 Å². The van der Waals surface area contributed by atoms with Crippen LogP contribution in [-0.4, -0.2) is 31.6 Å². The van der Waals surface area contributed by atoms with Gasteiger partial charge >= 0.3 is 6.03 Å². The Morgan fingerprint density at radius 2 is 1.79 bits per heavy atom. The Bertz CT molecular complexity index is 323. The van der Waals surface area contributed by atoms with Gasteiger partial charge in [-0.15, -0.1) is 0 Å². The van der Waals surface area contributed by atoms with Gasteiger partial charge in [0, 0.05) is 13.1 Å². The van der Waals surface area contributed by atoms with Gasteiger partial charge in [0.15, 0.2) is 0 Å². The van der Waals surface area contributed by atoms with E-state index >= 15 is 0 Å². The van der Waals surface area contributed by atoms with Crippen molar-refractivity contribution in [1.82, 2.24) is 16.0 Å². The lowest BCUT2D eigenvalue weighted by Gasteiger charge is -2.40. The van der Waals surface area contributed by atoms with E-state index in [2.05, 4.69) is 36.7 Å². The normalized spacial score (nSPS) is 23.8. The molecule has 1 fully saturated rings. The fourth-order valence-electron chi connectivity index (χ4n) is 2.87. The van der Waals surface area contributed by atoms with Gasteiger partial charge < -0.3 is 10.6 Å². The van der Waals surface area contributed by atoms with Crippen LogP contribution in [0.5, 0.6) is 0 Å². The molecule has 0 aromatic rings. The van der Waals surface area contributed by atoms with Crippen LogP contribution in [0.1, 0.15) is 46.5 Å². The van der Waals surface area contributed by atoms with E-state index in [1.807, 2.05) is 0 Å². The van der Waals surface area contributed by atoms with Crippen molar-refractivity contribution in [2.45, 2.75) is 52.5 Å². The molecule has 1 saturated carbocycles. The second-order valence-electron chi connectivity index (χ2n) is 6.37.